The maximum absolute atomic E-state index is 11.5. The van der Waals surface area contributed by atoms with Crippen molar-refractivity contribution in [3.8, 4) is 0 Å². The standard InChI is InChI=1S/C12H15N3O2S/c1-8-9(2)17-12(14-8)18-6-5-15-7-10(13)3-4-11(15)16/h3-4,7H,5-6,13H2,1-2H3. The molecule has 0 amide bonds. The smallest absolute Gasteiger partial charge is 0.256 e. The van der Waals surface area contributed by atoms with Gasteiger partial charge in [-0.3, -0.25) is 4.79 Å². The highest BCUT2D eigenvalue weighted by atomic mass is 32.2. The van der Waals surface area contributed by atoms with Crippen molar-refractivity contribution in [2.24, 2.45) is 0 Å². The van der Waals surface area contributed by atoms with E-state index in [1.807, 2.05) is 13.8 Å². The van der Waals surface area contributed by atoms with E-state index in [1.165, 1.54) is 17.8 Å². The van der Waals surface area contributed by atoms with Gasteiger partial charge in [0.2, 0.25) is 0 Å². The topological polar surface area (TPSA) is 74.1 Å². The molecular formula is C12H15N3O2S. The molecule has 0 fully saturated rings. The fourth-order valence-corrected chi connectivity index (χ4v) is 2.31. The lowest BCUT2D eigenvalue weighted by Gasteiger charge is -2.04. The van der Waals surface area contributed by atoms with Gasteiger partial charge in [-0.15, -0.1) is 0 Å². The summed E-state index contributed by atoms with van der Waals surface area (Å²) in [7, 11) is 0. The van der Waals surface area contributed by atoms with Crippen molar-refractivity contribution in [2.75, 3.05) is 11.5 Å². The van der Waals surface area contributed by atoms with Gasteiger partial charge < -0.3 is 14.7 Å². The second-order valence-corrected chi connectivity index (χ2v) is 5.01. The zero-order valence-corrected chi connectivity index (χ0v) is 11.2. The van der Waals surface area contributed by atoms with Crippen LogP contribution in [0.1, 0.15) is 11.5 Å². The van der Waals surface area contributed by atoms with Gasteiger partial charge in [-0.1, -0.05) is 11.8 Å². The third kappa shape index (κ3) is 2.95. The molecule has 5 nitrogen and oxygen atoms in total. The molecule has 0 atom stereocenters. The summed E-state index contributed by atoms with van der Waals surface area (Å²) in [5.41, 5.74) is 7.07. The minimum Gasteiger partial charge on any atom is -0.437 e. The molecule has 2 aromatic heterocycles. The van der Waals surface area contributed by atoms with Gasteiger partial charge in [0.25, 0.3) is 10.8 Å². The van der Waals surface area contributed by atoms with Gasteiger partial charge in [0.1, 0.15) is 5.76 Å². The monoisotopic (exact) mass is 265 g/mol. The first kappa shape index (κ1) is 12.8. The van der Waals surface area contributed by atoms with Crippen LogP contribution < -0.4 is 11.3 Å². The number of anilines is 1. The predicted octanol–water partition coefficient (Wildman–Crippen LogP) is 1.83. The number of rotatable bonds is 4. The highest BCUT2D eigenvalue weighted by Gasteiger charge is 2.06. The number of nitrogens with zero attached hydrogens (tertiary/aromatic N) is 2. The second-order valence-electron chi connectivity index (χ2n) is 3.96. The number of hydrogen-bond acceptors (Lipinski definition) is 5. The van der Waals surface area contributed by atoms with Crippen molar-refractivity contribution in [3.63, 3.8) is 0 Å². The van der Waals surface area contributed by atoms with E-state index >= 15 is 0 Å². The van der Waals surface area contributed by atoms with Crippen LogP contribution in [0.2, 0.25) is 0 Å². The Bertz CT molecular complexity index is 584. The Kier molecular flexibility index (Phi) is 3.76. The third-order valence-corrected chi connectivity index (χ3v) is 3.38. The molecule has 0 aliphatic rings. The molecular weight excluding hydrogens is 250 g/mol. The molecule has 0 saturated carbocycles. The van der Waals surface area contributed by atoms with Crippen LogP contribution in [0.5, 0.6) is 0 Å². The van der Waals surface area contributed by atoms with Crippen LogP contribution in [0.3, 0.4) is 0 Å². The molecule has 0 spiro atoms. The van der Waals surface area contributed by atoms with Crippen molar-refractivity contribution >= 4 is 17.4 Å². The Labute approximate surface area is 109 Å². The molecule has 0 unspecified atom stereocenters. The highest BCUT2D eigenvalue weighted by Crippen LogP contribution is 2.20. The van der Waals surface area contributed by atoms with E-state index in [9.17, 15) is 4.79 Å². The summed E-state index contributed by atoms with van der Waals surface area (Å²) in [6, 6.07) is 3.08. The Morgan fingerprint density at radius 3 is 2.89 bits per heavy atom. The molecule has 96 valence electrons. The van der Waals surface area contributed by atoms with Crippen LogP contribution in [0.25, 0.3) is 0 Å². The van der Waals surface area contributed by atoms with Crippen molar-refractivity contribution in [1.82, 2.24) is 9.55 Å². The highest BCUT2D eigenvalue weighted by molar-refractivity contribution is 7.99. The van der Waals surface area contributed by atoms with Crippen molar-refractivity contribution in [1.29, 1.82) is 0 Å². The van der Waals surface area contributed by atoms with Gasteiger partial charge >= 0.3 is 0 Å². The van der Waals surface area contributed by atoms with E-state index in [4.69, 9.17) is 10.2 Å². The zero-order chi connectivity index (χ0) is 13.1. The first-order chi connectivity index (χ1) is 8.56. The molecule has 2 N–H and O–H groups in total. The van der Waals surface area contributed by atoms with E-state index in [0.717, 1.165) is 11.5 Å². The normalized spacial score (nSPS) is 10.8. The number of pyridine rings is 1. The van der Waals surface area contributed by atoms with Crippen LogP contribution in [0, 0.1) is 13.8 Å². The zero-order valence-electron chi connectivity index (χ0n) is 10.3. The number of oxazole rings is 1. The molecule has 2 rings (SSSR count). The summed E-state index contributed by atoms with van der Waals surface area (Å²) in [5.74, 6) is 1.54. The Hall–Kier alpha value is -1.69. The predicted molar refractivity (Wildman–Crippen MR) is 71.8 cm³/mol. The maximum atomic E-state index is 11.5. The summed E-state index contributed by atoms with van der Waals surface area (Å²) in [6.45, 7) is 4.37. The number of nitrogens with two attached hydrogens (primary N) is 1. The van der Waals surface area contributed by atoms with E-state index in [0.29, 0.717) is 23.2 Å². The molecule has 0 bridgehead atoms. The molecule has 0 aromatic carbocycles. The van der Waals surface area contributed by atoms with Crippen molar-refractivity contribution in [3.05, 3.63) is 40.1 Å². The average molecular weight is 265 g/mol. The molecule has 18 heavy (non-hydrogen) atoms. The van der Waals surface area contributed by atoms with E-state index in [1.54, 1.807) is 16.8 Å². The summed E-state index contributed by atoms with van der Waals surface area (Å²) in [4.78, 5) is 15.8. The van der Waals surface area contributed by atoms with Crippen LogP contribution in [-0.2, 0) is 6.54 Å². The molecule has 2 heterocycles. The lowest BCUT2D eigenvalue weighted by molar-refractivity contribution is 0.431. The van der Waals surface area contributed by atoms with E-state index < -0.39 is 0 Å². The Morgan fingerprint density at radius 2 is 2.22 bits per heavy atom. The lowest BCUT2D eigenvalue weighted by Crippen LogP contribution is -2.19. The second kappa shape index (κ2) is 5.30. The lowest BCUT2D eigenvalue weighted by atomic mass is 10.4. The summed E-state index contributed by atoms with van der Waals surface area (Å²) in [6.07, 6.45) is 1.65. The molecule has 0 aliphatic heterocycles. The number of aromatic nitrogens is 2. The maximum Gasteiger partial charge on any atom is 0.256 e. The van der Waals surface area contributed by atoms with Gasteiger partial charge in [0, 0.05) is 30.2 Å². The van der Waals surface area contributed by atoms with Crippen LogP contribution in [-0.4, -0.2) is 15.3 Å². The number of thioether (sulfide) groups is 1. The fraction of sp³-hybridized carbons (Fsp3) is 0.333. The van der Waals surface area contributed by atoms with E-state index in [-0.39, 0.29) is 5.56 Å². The number of aryl methyl sites for hydroxylation is 3. The number of hydrogen-bond donors (Lipinski definition) is 1. The molecule has 0 radical (unpaired) electrons. The van der Waals surface area contributed by atoms with E-state index in [2.05, 4.69) is 4.98 Å². The fourth-order valence-electron chi connectivity index (χ4n) is 1.46. The minimum absolute atomic E-state index is 0.0513. The van der Waals surface area contributed by atoms with Gasteiger partial charge in [0.05, 0.1) is 5.69 Å². The number of nitrogen functional groups attached to an aromatic ring is 1. The molecule has 0 saturated heterocycles. The van der Waals surface area contributed by atoms with Crippen molar-refractivity contribution < 1.29 is 4.42 Å². The summed E-state index contributed by atoms with van der Waals surface area (Å²) < 4.78 is 7.03. The van der Waals surface area contributed by atoms with Gasteiger partial charge in [-0.2, -0.15) is 0 Å². The van der Waals surface area contributed by atoms with Crippen molar-refractivity contribution in [2.45, 2.75) is 25.6 Å². The Balaban J connectivity index is 1.96. The summed E-state index contributed by atoms with van der Waals surface area (Å²) in [5, 5.41) is 0.641. The van der Waals surface area contributed by atoms with Gasteiger partial charge in [-0.25, -0.2) is 4.98 Å². The average Bonchev–Trinajstić information content (AvgIpc) is 2.63. The molecule has 0 aliphatic carbocycles. The minimum atomic E-state index is -0.0513. The quantitative estimate of drug-likeness (QED) is 0.854. The molecule has 6 heteroatoms. The van der Waals surface area contributed by atoms with Gasteiger partial charge in [0.15, 0.2) is 0 Å². The first-order valence-electron chi connectivity index (χ1n) is 5.59. The summed E-state index contributed by atoms with van der Waals surface area (Å²) >= 11 is 1.49. The van der Waals surface area contributed by atoms with Crippen LogP contribution in [0.15, 0.2) is 32.8 Å². The molecule has 2 aromatic rings. The Morgan fingerprint density at radius 1 is 1.44 bits per heavy atom. The van der Waals surface area contributed by atoms with Crippen LogP contribution in [0.4, 0.5) is 5.69 Å². The third-order valence-electron chi connectivity index (χ3n) is 2.57. The van der Waals surface area contributed by atoms with Gasteiger partial charge in [-0.05, 0) is 19.9 Å². The first-order valence-corrected chi connectivity index (χ1v) is 6.57. The largest absolute Gasteiger partial charge is 0.437 e. The SMILES string of the molecule is Cc1nc(SCCn2cc(N)ccc2=O)oc1C. The van der Waals surface area contributed by atoms with Crippen LogP contribution >= 0.6 is 11.8 Å².